The van der Waals surface area contributed by atoms with Crippen molar-refractivity contribution in [3.05, 3.63) is 57.5 Å². The minimum absolute atomic E-state index is 0.0861. The Morgan fingerprint density at radius 2 is 1.93 bits per heavy atom. The average molecular weight is 462 g/mol. The summed E-state index contributed by atoms with van der Waals surface area (Å²) in [6.07, 6.45) is 2.02. The van der Waals surface area contributed by atoms with Gasteiger partial charge in [-0.2, -0.15) is 0 Å². The van der Waals surface area contributed by atoms with E-state index in [1.165, 1.54) is 40.6 Å². The first-order valence-electron chi connectivity index (χ1n) is 7.87. The maximum Gasteiger partial charge on any atom is 0.307 e. The summed E-state index contributed by atoms with van der Waals surface area (Å²) >= 11 is 13.3. The van der Waals surface area contributed by atoms with Crippen LogP contribution in [0.25, 0.3) is 5.52 Å². The molecule has 3 rings (SSSR count). The quantitative estimate of drug-likeness (QED) is 0.585. The number of aliphatic carboxylic acids is 1. The minimum Gasteiger partial charge on any atom is -0.481 e. The predicted octanol–water partition coefficient (Wildman–Crippen LogP) is 4.88. The van der Waals surface area contributed by atoms with Crippen molar-refractivity contribution in [1.82, 2.24) is 4.40 Å². The first kappa shape index (κ1) is 21.0. The summed E-state index contributed by atoms with van der Waals surface area (Å²) in [4.78, 5) is 11.9. The number of pyridine rings is 1. The SMILES string of the molecule is Cc1c(CC(=O)O)c2cc(Cl)c(F)cn2c1Sc1ccc(S(C)(=O)=O)cc1Cl. The fourth-order valence-corrected chi connectivity index (χ4v) is 4.99. The van der Waals surface area contributed by atoms with Gasteiger partial charge in [0.1, 0.15) is 0 Å². The lowest BCUT2D eigenvalue weighted by atomic mass is 10.1. The van der Waals surface area contributed by atoms with Crippen molar-refractivity contribution in [3.63, 3.8) is 0 Å². The number of carboxylic acids is 1. The molecular weight excluding hydrogens is 448 g/mol. The standard InChI is InChI=1S/C18H14Cl2FNO4S2/c1-9-11(6-17(23)24)15-7-12(19)14(21)8-22(15)18(9)27-16-4-3-10(5-13(16)20)28(2,25)26/h3-5,7-8H,6H2,1-2H3,(H,23,24). The maximum absolute atomic E-state index is 14.1. The van der Waals surface area contributed by atoms with E-state index in [1.807, 2.05) is 0 Å². The molecule has 0 radical (unpaired) electrons. The van der Waals surface area contributed by atoms with Gasteiger partial charge in [-0.25, -0.2) is 12.8 Å². The van der Waals surface area contributed by atoms with E-state index in [0.717, 1.165) is 6.26 Å². The van der Waals surface area contributed by atoms with Gasteiger partial charge >= 0.3 is 5.97 Å². The molecule has 0 saturated carbocycles. The van der Waals surface area contributed by atoms with Crippen molar-refractivity contribution < 1.29 is 22.7 Å². The summed E-state index contributed by atoms with van der Waals surface area (Å²) in [5.41, 5.74) is 1.65. The van der Waals surface area contributed by atoms with Gasteiger partial charge in [-0.3, -0.25) is 4.79 Å². The molecule has 2 heterocycles. The van der Waals surface area contributed by atoms with Crippen molar-refractivity contribution in [2.24, 2.45) is 0 Å². The number of carboxylic acid groups (broad SMARTS) is 1. The topological polar surface area (TPSA) is 75.8 Å². The van der Waals surface area contributed by atoms with Crippen LogP contribution in [-0.4, -0.2) is 30.2 Å². The summed E-state index contributed by atoms with van der Waals surface area (Å²) in [6.45, 7) is 1.73. The van der Waals surface area contributed by atoms with Gasteiger partial charge in [-0.15, -0.1) is 0 Å². The molecule has 5 nitrogen and oxygen atoms in total. The molecule has 0 bridgehead atoms. The van der Waals surface area contributed by atoms with E-state index in [1.54, 1.807) is 13.0 Å². The fraction of sp³-hybridized carbons (Fsp3) is 0.167. The van der Waals surface area contributed by atoms with Crippen LogP contribution < -0.4 is 0 Å². The lowest BCUT2D eigenvalue weighted by molar-refractivity contribution is -0.136. The number of benzene rings is 1. The molecule has 0 aliphatic carbocycles. The third-order valence-corrected chi connectivity index (χ3v) is 7.26. The van der Waals surface area contributed by atoms with Gasteiger partial charge in [0.2, 0.25) is 0 Å². The van der Waals surface area contributed by atoms with Crippen LogP contribution in [0.5, 0.6) is 0 Å². The molecule has 0 fully saturated rings. The maximum atomic E-state index is 14.1. The zero-order valence-electron chi connectivity index (χ0n) is 14.7. The van der Waals surface area contributed by atoms with Crippen LogP contribution in [0.2, 0.25) is 10.0 Å². The van der Waals surface area contributed by atoms with Crippen LogP contribution in [-0.2, 0) is 21.1 Å². The Morgan fingerprint density at radius 1 is 1.25 bits per heavy atom. The van der Waals surface area contributed by atoms with E-state index >= 15 is 0 Å². The number of aromatic nitrogens is 1. The lowest BCUT2D eigenvalue weighted by Gasteiger charge is -2.08. The summed E-state index contributed by atoms with van der Waals surface area (Å²) in [5.74, 6) is -1.67. The van der Waals surface area contributed by atoms with Crippen molar-refractivity contribution in [3.8, 4) is 0 Å². The number of rotatable bonds is 5. The second-order valence-corrected chi connectivity index (χ2v) is 10.0. The highest BCUT2D eigenvalue weighted by Gasteiger charge is 2.21. The molecule has 2 aromatic heterocycles. The molecule has 0 aliphatic rings. The van der Waals surface area contributed by atoms with Crippen LogP contribution in [0.3, 0.4) is 0 Å². The number of hydrogen-bond donors (Lipinski definition) is 1. The Balaban J connectivity index is 2.17. The Labute approximate surface area is 175 Å². The van der Waals surface area contributed by atoms with E-state index in [4.69, 9.17) is 23.2 Å². The van der Waals surface area contributed by atoms with Crippen LogP contribution in [0.15, 0.2) is 45.3 Å². The summed E-state index contributed by atoms with van der Waals surface area (Å²) in [6, 6.07) is 5.73. The zero-order valence-corrected chi connectivity index (χ0v) is 17.8. The van der Waals surface area contributed by atoms with Gasteiger partial charge in [-0.05, 0) is 42.3 Å². The summed E-state index contributed by atoms with van der Waals surface area (Å²) < 4.78 is 39.0. The summed E-state index contributed by atoms with van der Waals surface area (Å²) in [5, 5.41) is 9.90. The molecular formula is C18H14Cl2FNO4S2. The van der Waals surface area contributed by atoms with Crippen molar-refractivity contribution >= 4 is 56.3 Å². The minimum atomic E-state index is -3.41. The van der Waals surface area contributed by atoms with E-state index in [0.29, 0.717) is 26.6 Å². The Hall–Kier alpha value is -1.74. The molecule has 0 unspecified atom stereocenters. The lowest BCUT2D eigenvalue weighted by Crippen LogP contribution is -2.01. The normalized spacial score (nSPS) is 11.9. The third-order valence-electron chi connectivity index (χ3n) is 4.16. The molecule has 10 heteroatoms. The molecule has 1 aromatic carbocycles. The van der Waals surface area contributed by atoms with Gasteiger partial charge in [0.25, 0.3) is 0 Å². The van der Waals surface area contributed by atoms with Gasteiger partial charge < -0.3 is 9.51 Å². The molecule has 0 amide bonds. The number of nitrogens with zero attached hydrogens (tertiary/aromatic N) is 1. The fourth-order valence-electron chi connectivity index (χ4n) is 2.80. The first-order chi connectivity index (χ1) is 13.0. The van der Waals surface area contributed by atoms with Crippen molar-refractivity contribution in [1.29, 1.82) is 0 Å². The number of sulfone groups is 1. The highest BCUT2D eigenvalue weighted by atomic mass is 35.5. The zero-order chi connectivity index (χ0) is 20.8. The van der Waals surface area contributed by atoms with E-state index < -0.39 is 21.6 Å². The van der Waals surface area contributed by atoms with E-state index in [2.05, 4.69) is 0 Å². The molecule has 0 aliphatic heterocycles. The van der Waals surface area contributed by atoms with Gasteiger partial charge in [0.15, 0.2) is 15.7 Å². The van der Waals surface area contributed by atoms with Crippen LogP contribution >= 0.6 is 35.0 Å². The molecule has 3 aromatic rings. The largest absolute Gasteiger partial charge is 0.481 e. The van der Waals surface area contributed by atoms with Crippen LogP contribution in [0, 0.1) is 12.7 Å². The smallest absolute Gasteiger partial charge is 0.307 e. The predicted molar refractivity (Wildman–Crippen MR) is 107 cm³/mol. The number of halogens is 3. The van der Waals surface area contributed by atoms with E-state index in [9.17, 15) is 22.7 Å². The average Bonchev–Trinajstić information content (AvgIpc) is 2.81. The number of hydrogen-bond acceptors (Lipinski definition) is 4. The third kappa shape index (κ3) is 4.00. The van der Waals surface area contributed by atoms with Crippen LogP contribution in [0.4, 0.5) is 4.39 Å². The second-order valence-electron chi connectivity index (χ2n) is 6.17. The Bertz CT molecular complexity index is 1220. The van der Waals surface area contributed by atoms with Gasteiger partial charge in [0, 0.05) is 17.3 Å². The number of carbonyl (C=O) groups is 1. The first-order valence-corrected chi connectivity index (χ1v) is 11.3. The summed E-state index contributed by atoms with van der Waals surface area (Å²) in [7, 11) is -3.41. The second kappa shape index (κ2) is 7.59. The van der Waals surface area contributed by atoms with Crippen LogP contribution in [0.1, 0.15) is 11.1 Å². The molecule has 0 atom stereocenters. The monoisotopic (exact) mass is 461 g/mol. The molecule has 0 saturated heterocycles. The molecule has 0 spiro atoms. The Kier molecular flexibility index (Phi) is 5.69. The van der Waals surface area contributed by atoms with Gasteiger partial charge in [-0.1, -0.05) is 35.0 Å². The molecule has 148 valence electrons. The molecule has 1 N–H and O–H groups in total. The van der Waals surface area contributed by atoms with E-state index in [-0.39, 0.29) is 21.4 Å². The van der Waals surface area contributed by atoms with Gasteiger partial charge in [0.05, 0.1) is 31.9 Å². The highest BCUT2D eigenvalue weighted by molar-refractivity contribution is 7.99. The highest BCUT2D eigenvalue weighted by Crippen LogP contribution is 2.40. The Morgan fingerprint density at radius 3 is 2.50 bits per heavy atom. The number of fused-ring (bicyclic) bond motifs is 1. The molecule has 28 heavy (non-hydrogen) atoms. The van der Waals surface area contributed by atoms with Crippen molar-refractivity contribution in [2.75, 3.05) is 6.26 Å². The van der Waals surface area contributed by atoms with Crippen molar-refractivity contribution in [2.45, 2.75) is 28.2 Å².